The average Bonchev–Trinajstić information content (AvgIpc) is 3.14. The smallest absolute Gasteiger partial charge is 0.254 e. The van der Waals surface area contributed by atoms with E-state index in [9.17, 15) is 13.2 Å². The molecule has 4 nitrogen and oxygen atoms in total. The number of amides is 1. The van der Waals surface area contributed by atoms with E-state index in [0.29, 0.717) is 18.5 Å². The van der Waals surface area contributed by atoms with E-state index in [1.54, 1.807) is 16.2 Å². The Morgan fingerprint density at radius 3 is 2.65 bits per heavy atom. The fourth-order valence-electron chi connectivity index (χ4n) is 2.93. The van der Waals surface area contributed by atoms with Gasteiger partial charge in [0, 0.05) is 16.5 Å². The van der Waals surface area contributed by atoms with Crippen molar-refractivity contribution < 1.29 is 13.2 Å². The van der Waals surface area contributed by atoms with Crippen LogP contribution in [0, 0.1) is 6.92 Å². The second-order valence-electron chi connectivity index (χ2n) is 5.88. The van der Waals surface area contributed by atoms with Crippen LogP contribution in [-0.4, -0.2) is 36.8 Å². The van der Waals surface area contributed by atoms with Crippen LogP contribution in [0.3, 0.4) is 0 Å². The topological polar surface area (TPSA) is 54.5 Å². The first kappa shape index (κ1) is 16.2. The lowest BCUT2D eigenvalue weighted by atomic mass is 10.1. The molecule has 0 spiro atoms. The Labute approximate surface area is 140 Å². The molecule has 122 valence electrons. The Balaban J connectivity index is 1.91. The molecule has 1 saturated heterocycles. The van der Waals surface area contributed by atoms with Gasteiger partial charge >= 0.3 is 0 Å². The second-order valence-corrected chi connectivity index (χ2v) is 9.15. The predicted molar refractivity (Wildman–Crippen MR) is 92.4 cm³/mol. The first-order chi connectivity index (χ1) is 11.0. The van der Waals surface area contributed by atoms with Gasteiger partial charge in [0.05, 0.1) is 18.1 Å². The SMILES string of the molecule is Cc1ccccc1C(=O)N(Cc1cccs1)[C@H]1CCS(=O)(=O)C1. The van der Waals surface area contributed by atoms with Crippen molar-refractivity contribution in [1.82, 2.24) is 4.90 Å². The van der Waals surface area contributed by atoms with E-state index in [4.69, 9.17) is 0 Å². The van der Waals surface area contributed by atoms with Crippen LogP contribution in [0.1, 0.15) is 27.2 Å². The second kappa shape index (κ2) is 6.45. The third kappa shape index (κ3) is 3.64. The number of aryl methyl sites for hydroxylation is 1. The number of carbonyl (C=O) groups excluding carboxylic acids is 1. The normalized spacial score (nSPS) is 19.6. The number of hydrogen-bond acceptors (Lipinski definition) is 4. The van der Waals surface area contributed by atoms with E-state index in [1.165, 1.54) is 0 Å². The molecule has 23 heavy (non-hydrogen) atoms. The van der Waals surface area contributed by atoms with Crippen molar-refractivity contribution in [1.29, 1.82) is 0 Å². The van der Waals surface area contributed by atoms with Crippen LogP contribution < -0.4 is 0 Å². The van der Waals surface area contributed by atoms with Gasteiger partial charge in [0.15, 0.2) is 9.84 Å². The molecule has 2 aromatic rings. The zero-order valence-corrected chi connectivity index (χ0v) is 14.6. The minimum absolute atomic E-state index is 0.0655. The van der Waals surface area contributed by atoms with Gasteiger partial charge in [-0.15, -0.1) is 11.3 Å². The summed E-state index contributed by atoms with van der Waals surface area (Å²) in [7, 11) is -3.04. The molecule has 0 radical (unpaired) electrons. The maximum absolute atomic E-state index is 13.0. The number of sulfone groups is 1. The maximum atomic E-state index is 13.0. The van der Waals surface area contributed by atoms with E-state index in [2.05, 4.69) is 0 Å². The Kier molecular flexibility index (Phi) is 4.55. The molecule has 0 unspecified atom stereocenters. The Morgan fingerprint density at radius 2 is 2.04 bits per heavy atom. The molecule has 1 aliphatic rings. The fraction of sp³-hybridized carbons (Fsp3) is 0.353. The van der Waals surface area contributed by atoms with Gasteiger partial charge < -0.3 is 4.90 Å². The lowest BCUT2D eigenvalue weighted by Gasteiger charge is -2.28. The lowest BCUT2D eigenvalue weighted by Crippen LogP contribution is -2.40. The number of benzene rings is 1. The van der Waals surface area contributed by atoms with Gasteiger partial charge in [0.25, 0.3) is 5.91 Å². The first-order valence-corrected chi connectivity index (χ1v) is 10.3. The van der Waals surface area contributed by atoms with Gasteiger partial charge in [-0.25, -0.2) is 8.42 Å². The van der Waals surface area contributed by atoms with Crippen LogP contribution >= 0.6 is 11.3 Å². The van der Waals surface area contributed by atoms with Crippen LogP contribution in [0.2, 0.25) is 0 Å². The number of thiophene rings is 1. The molecule has 1 amide bonds. The maximum Gasteiger partial charge on any atom is 0.254 e. The van der Waals surface area contributed by atoms with Crippen molar-refractivity contribution in [2.24, 2.45) is 0 Å². The van der Waals surface area contributed by atoms with Crippen molar-refractivity contribution in [3.8, 4) is 0 Å². The highest BCUT2D eigenvalue weighted by Gasteiger charge is 2.35. The Bertz CT molecular complexity index is 797. The van der Waals surface area contributed by atoms with E-state index in [0.717, 1.165) is 10.4 Å². The highest BCUT2D eigenvalue weighted by atomic mass is 32.2. The van der Waals surface area contributed by atoms with Gasteiger partial charge in [0.1, 0.15) is 0 Å². The van der Waals surface area contributed by atoms with Gasteiger partial charge in [-0.2, -0.15) is 0 Å². The van der Waals surface area contributed by atoms with Gasteiger partial charge in [-0.3, -0.25) is 4.79 Å². The summed E-state index contributed by atoms with van der Waals surface area (Å²) in [5, 5.41) is 1.97. The van der Waals surface area contributed by atoms with Gasteiger partial charge in [-0.05, 0) is 36.4 Å². The molecule has 3 rings (SSSR count). The summed E-state index contributed by atoms with van der Waals surface area (Å²) in [5.74, 6) is 0.147. The van der Waals surface area contributed by atoms with Crippen LogP contribution in [-0.2, 0) is 16.4 Å². The number of hydrogen-bond donors (Lipinski definition) is 0. The third-order valence-corrected chi connectivity index (χ3v) is 6.80. The average molecular weight is 349 g/mol. The van der Waals surface area contributed by atoms with Crippen LogP contribution in [0.5, 0.6) is 0 Å². The van der Waals surface area contributed by atoms with Gasteiger partial charge in [-0.1, -0.05) is 24.3 Å². The van der Waals surface area contributed by atoms with Crippen molar-refractivity contribution in [3.05, 3.63) is 57.8 Å². The summed E-state index contributed by atoms with van der Waals surface area (Å²) in [4.78, 5) is 15.8. The quantitative estimate of drug-likeness (QED) is 0.853. The van der Waals surface area contributed by atoms with E-state index in [-0.39, 0.29) is 23.5 Å². The molecule has 1 aromatic heterocycles. The summed E-state index contributed by atoms with van der Waals surface area (Å²) in [6.07, 6.45) is 0.519. The standard InChI is InChI=1S/C17H19NO3S2/c1-13-5-2-3-7-16(13)17(19)18(11-15-6-4-9-22-15)14-8-10-23(20,21)12-14/h2-7,9,14H,8,10-12H2,1H3/t14-/m0/s1. The minimum Gasteiger partial charge on any atom is -0.329 e. The molecule has 1 aliphatic heterocycles. The van der Waals surface area contributed by atoms with Crippen molar-refractivity contribution in [3.63, 3.8) is 0 Å². The zero-order chi connectivity index (χ0) is 16.4. The van der Waals surface area contributed by atoms with Gasteiger partial charge in [0.2, 0.25) is 0 Å². The molecule has 1 aromatic carbocycles. The third-order valence-electron chi connectivity index (χ3n) is 4.19. The summed E-state index contributed by atoms with van der Waals surface area (Å²) in [5.41, 5.74) is 1.56. The van der Waals surface area contributed by atoms with Crippen LogP contribution in [0.25, 0.3) is 0 Å². The summed E-state index contributed by atoms with van der Waals surface area (Å²) in [6.45, 7) is 2.37. The first-order valence-electron chi connectivity index (χ1n) is 7.56. The summed E-state index contributed by atoms with van der Waals surface area (Å²) in [6, 6.07) is 11.1. The molecular formula is C17H19NO3S2. The molecule has 2 heterocycles. The summed E-state index contributed by atoms with van der Waals surface area (Å²) < 4.78 is 23.7. The van der Waals surface area contributed by atoms with Crippen molar-refractivity contribution in [2.75, 3.05) is 11.5 Å². The Hall–Kier alpha value is -1.66. The molecule has 0 bridgehead atoms. The van der Waals surface area contributed by atoms with E-state index in [1.807, 2.05) is 48.7 Å². The largest absolute Gasteiger partial charge is 0.329 e. The highest BCUT2D eigenvalue weighted by Crippen LogP contribution is 2.24. The lowest BCUT2D eigenvalue weighted by molar-refractivity contribution is 0.0682. The summed E-state index contributed by atoms with van der Waals surface area (Å²) >= 11 is 1.58. The van der Waals surface area contributed by atoms with E-state index >= 15 is 0 Å². The van der Waals surface area contributed by atoms with Crippen molar-refractivity contribution in [2.45, 2.75) is 25.9 Å². The fourth-order valence-corrected chi connectivity index (χ4v) is 5.36. The molecule has 0 N–H and O–H groups in total. The van der Waals surface area contributed by atoms with E-state index < -0.39 is 9.84 Å². The number of carbonyl (C=O) groups is 1. The minimum atomic E-state index is -3.04. The monoisotopic (exact) mass is 349 g/mol. The number of rotatable bonds is 4. The molecule has 6 heteroatoms. The molecule has 0 saturated carbocycles. The van der Waals surface area contributed by atoms with Crippen molar-refractivity contribution >= 4 is 27.1 Å². The number of nitrogens with zero attached hydrogens (tertiary/aromatic N) is 1. The predicted octanol–water partition coefficient (Wildman–Crippen LogP) is 2.89. The molecular weight excluding hydrogens is 330 g/mol. The van der Waals surface area contributed by atoms with Crippen LogP contribution in [0.15, 0.2) is 41.8 Å². The molecule has 0 aliphatic carbocycles. The molecule has 1 atom stereocenters. The van der Waals surface area contributed by atoms with Crippen LogP contribution in [0.4, 0.5) is 0 Å². The highest BCUT2D eigenvalue weighted by molar-refractivity contribution is 7.91. The Morgan fingerprint density at radius 1 is 1.26 bits per heavy atom. The zero-order valence-electron chi connectivity index (χ0n) is 12.9. The molecule has 1 fully saturated rings.